The van der Waals surface area contributed by atoms with E-state index in [0.29, 0.717) is 0 Å². The van der Waals surface area contributed by atoms with Gasteiger partial charge in [-0.1, -0.05) is 85.8 Å². The van der Waals surface area contributed by atoms with Crippen molar-refractivity contribution in [1.29, 1.82) is 0 Å². The molecule has 0 aliphatic carbocycles. The second kappa shape index (κ2) is 14.2. The number of hydrogen-bond acceptors (Lipinski definition) is 6. The first kappa shape index (κ1) is 31.5. The molecule has 1 saturated heterocycles. The molecule has 1 aromatic heterocycles. The Kier molecular flexibility index (Phi) is 9.94. The monoisotopic (exact) mass is 610 g/mol. The highest BCUT2D eigenvalue weighted by atomic mass is 16.6. The summed E-state index contributed by atoms with van der Waals surface area (Å²) in [6, 6.07) is 23.4. The molecule has 4 aromatic rings. The van der Waals surface area contributed by atoms with Crippen LogP contribution in [0.15, 0.2) is 91.1 Å². The molecular formula is C35H38N4O6. The molecule has 45 heavy (non-hydrogen) atoms. The molecule has 1 aliphatic heterocycles. The second-order valence-corrected chi connectivity index (χ2v) is 11.4. The van der Waals surface area contributed by atoms with E-state index in [1.54, 1.807) is 20.0 Å². The van der Waals surface area contributed by atoms with Crippen molar-refractivity contribution in [2.24, 2.45) is 0 Å². The number of aromatic amines is 1. The summed E-state index contributed by atoms with van der Waals surface area (Å²) in [7, 11) is 0. The number of aromatic nitrogens is 1. The number of carbonyl (C=O) groups excluding carboxylic acids is 4. The second-order valence-electron chi connectivity index (χ2n) is 11.4. The number of epoxide rings is 1. The maximum absolute atomic E-state index is 13.9. The molecule has 2 heterocycles. The van der Waals surface area contributed by atoms with E-state index in [-0.39, 0.29) is 38.3 Å². The molecule has 3 aromatic carbocycles. The number of rotatable bonds is 14. The summed E-state index contributed by atoms with van der Waals surface area (Å²) < 4.78 is 10.7. The zero-order valence-electron chi connectivity index (χ0n) is 25.4. The molecule has 3 amide bonds. The molecule has 4 N–H and O–H groups in total. The number of amides is 3. The van der Waals surface area contributed by atoms with Gasteiger partial charge in [0.05, 0.1) is 12.6 Å². The van der Waals surface area contributed by atoms with Crippen LogP contribution >= 0.6 is 0 Å². The smallest absolute Gasteiger partial charge is 0.408 e. The maximum atomic E-state index is 13.9. The number of fused-ring (bicyclic) bond motifs is 1. The summed E-state index contributed by atoms with van der Waals surface area (Å²) in [5.74, 6) is -1.29. The summed E-state index contributed by atoms with van der Waals surface area (Å²) in [4.78, 5) is 56.7. The van der Waals surface area contributed by atoms with Crippen molar-refractivity contribution < 1.29 is 28.7 Å². The number of nitrogens with one attached hydrogen (secondary N) is 4. The average molecular weight is 611 g/mol. The number of H-pyrrole nitrogens is 1. The van der Waals surface area contributed by atoms with Gasteiger partial charge in [-0.3, -0.25) is 14.4 Å². The Morgan fingerprint density at radius 2 is 1.40 bits per heavy atom. The zero-order chi connectivity index (χ0) is 31.8. The Hall–Kier alpha value is -4.96. The first-order valence-corrected chi connectivity index (χ1v) is 15.1. The van der Waals surface area contributed by atoms with E-state index >= 15 is 0 Å². The third kappa shape index (κ3) is 8.16. The van der Waals surface area contributed by atoms with Crippen molar-refractivity contribution in [1.82, 2.24) is 20.9 Å². The standard InChI is InChI=1S/C35H38N4O6/c1-3-27(39-34(43)44-21-24-14-8-5-9-15-24)32(41)38-30(19-25-20-36-28-17-11-10-16-26(25)28)33(42)37-29(31(40)35(2)22-45-35)18-23-12-6-4-7-13-23/h4-17,20,27,29-30,36H,3,18-19,21-22H2,1-2H3,(H,37,42)(H,38,41)(H,39,43)/t27?,29?,30-,35?/m0/s1. The van der Waals surface area contributed by atoms with Crippen LogP contribution in [0.4, 0.5) is 4.79 Å². The van der Waals surface area contributed by atoms with Crippen LogP contribution in [0.25, 0.3) is 10.9 Å². The molecule has 0 radical (unpaired) electrons. The van der Waals surface area contributed by atoms with Gasteiger partial charge in [0, 0.05) is 23.5 Å². The van der Waals surface area contributed by atoms with Crippen LogP contribution in [0.1, 0.15) is 37.0 Å². The summed E-state index contributed by atoms with van der Waals surface area (Å²) in [5.41, 5.74) is 2.44. The molecule has 10 nitrogen and oxygen atoms in total. The number of benzene rings is 3. The Morgan fingerprint density at radius 3 is 2.07 bits per heavy atom. The lowest BCUT2D eigenvalue weighted by molar-refractivity contribution is -0.133. The molecule has 234 valence electrons. The quantitative estimate of drug-likeness (QED) is 0.159. The van der Waals surface area contributed by atoms with Gasteiger partial charge in [-0.2, -0.15) is 0 Å². The third-order valence-corrected chi connectivity index (χ3v) is 7.98. The molecule has 4 atom stereocenters. The van der Waals surface area contributed by atoms with Gasteiger partial charge in [0.2, 0.25) is 11.8 Å². The molecular weight excluding hydrogens is 572 g/mol. The molecule has 3 unspecified atom stereocenters. The van der Waals surface area contributed by atoms with Gasteiger partial charge < -0.3 is 30.4 Å². The van der Waals surface area contributed by atoms with E-state index in [1.807, 2.05) is 84.9 Å². The van der Waals surface area contributed by atoms with Gasteiger partial charge in [-0.15, -0.1) is 0 Å². The van der Waals surface area contributed by atoms with Crippen LogP contribution in [0, 0.1) is 0 Å². The molecule has 0 saturated carbocycles. The Bertz CT molecular complexity index is 1630. The normalized spacial score (nSPS) is 17.5. The molecule has 5 rings (SSSR count). The van der Waals surface area contributed by atoms with Crippen LogP contribution in [0.2, 0.25) is 0 Å². The van der Waals surface area contributed by atoms with Crippen molar-refractivity contribution >= 4 is 34.6 Å². The van der Waals surface area contributed by atoms with E-state index in [2.05, 4.69) is 20.9 Å². The minimum atomic E-state index is -1.05. The summed E-state index contributed by atoms with van der Waals surface area (Å²) in [6.07, 6.45) is 1.74. The SMILES string of the molecule is CCC(NC(=O)OCc1ccccc1)C(=O)N[C@@H](Cc1c[nH]c2ccccc12)C(=O)NC(Cc1ccccc1)C(=O)C1(C)CO1. The Labute approximate surface area is 261 Å². The molecule has 1 aliphatic rings. The number of carbonyl (C=O) groups is 4. The predicted molar refractivity (Wildman–Crippen MR) is 169 cm³/mol. The maximum Gasteiger partial charge on any atom is 0.408 e. The lowest BCUT2D eigenvalue weighted by Gasteiger charge is -2.25. The topological polar surface area (TPSA) is 142 Å². The van der Waals surface area contributed by atoms with Crippen LogP contribution < -0.4 is 16.0 Å². The Morgan fingerprint density at radius 1 is 0.800 bits per heavy atom. The van der Waals surface area contributed by atoms with Gasteiger partial charge >= 0.3 is 6.09 Å². The third-order valence-electron chi connectivity index (χ3n) is 7.98. The van der Waals surface area contributed by atoms with Crippen LogP contribution in [-0.2, 0) is 43.3 Å². The molecule has 0 spiro atoms. The number of ketones is 1. The van der Waals surface area contributed by atoms with E-state index in [9.17, 15) is 19.2 Å². The summed E-state index contributed by atoms with van der Waals surface area (Å²) in [6.45, 7) is 3.79. The van der Waals surface area contributed by atoms with E-state index in [1.165, 1.54) is 0 Å². The highest BCUT2D eigenvalue weighted by Gasteiger charge is 2.50. The van der Waals surface area contributed by atoms with Crippen molar-refractivity contribution in [3.63, 3.8) is 0 Å². The minimum absolute atomic E-state index is 0.0514. The Balaban J connectivity index is 1.33. The summed E-state index contributed by atoms with van der Waals surface area (Å²) >= 11 is 0. The molecule has 10 heteroatoms. The molecule has 0 bridgehead atoms. The average Bonchev–Trinajstić information content (AvgIpc) is 3.69. The van der Waals surface area contributed by atoms with Crippen molar-refractivity contribution in [3.8, 4) is 0 Å². The first-order chi connectivity index (χ1) is 21.8. The van der Waals surface area contributed by atoms with Gasteiger partial charge in [-0.25, -0.2) is 4.79 Å². The largest absolute Gasteiger partial charge is 0.445 e. The van der Waals surface area contributed by atoms with Crippen LogP contribution in [-0.4, -0.2) is 59.0 Å². The lowest BCUT2D eigenvalue weighted by atomic mass is 9.94. The molecule has 1 fully saturated rings. The highest BCUT2D eigenvalue weighted by molar-refractivity contribution is 5.98. The number of alkyl carbamates (subject to hydrolysis) is 1. The van der Waals surface area contributed by atoms with Crippen LogP contribution in [0.3, 0.4) is 0 Å². The minimum Gasteiger partial charge on any atom is -0.445 e. The lowest BCUT2D eigenvalue weighted by Crippen LogP contribution is -2.57. The number of para-hydroxylation sites is 1. The van der Waals surface area contributed by atoms with Crippen molar-refractivity contribution in [2.75, 3.05) is 6.61 Å². The van der Waals surface area contributed by atoms with E-state index in [0.717, 1.165) is 27.6 Å². The fourth-order valence-electron chi connectivity index (χ4n) is 5.21. The zero-order valence-corrected chi connectivity index (χ0v) is 25.4. The fraction of sp³-hybridized carbons (Fsp3) is 0.314. The predicted octanol–water partition coefficient (Wildman–Crippen LogP) is 3.99. The van der Waals surface area contributed by atoms with Crippen LogP contribution in [0.5, 0.6) is 0 Å². The number of Topliss-reactive ketones (excluding diaryl/α,β-unsaturated/α-hetero) is 1. The van der Waals surface area contributed by atoms with Gasteiger partial charge in [0.15, 0.2) is 5.78 Å². The highest BCUT2D eigenvalue weighted by Crippen LogP contribution is 2.29. The van der Waals surface area contributed by atoms with Crippen molar-refractivity contribution in [2.45, 2.75) is 63.4 Å². The first-order valence-electron chi connectivity index (χ1n) is 15.1. The van der Waals surface area contributed by atoms with E-state index in [4.69, 9.17) is 9.47 Å². The number of hydrogen-bond donors (Lipinski definition) is 4. The van der Waals surface area contributed by atoms with Crippen molar-refractivity contribution in [3.05, 3.63) is 108 Å². The van der Waals surface area contributed by atoms with E-state index < -0.39 is 41.6 Å². The fourth-order valence-corrected chi connectivity index (χ4v) is 5.21. The van der Waals surface area contributed by atoms with Gasteiger partial charge in [0.25, 0.3) is 0 Å². The van der Waals surface area contributed by atoms with Gasteiger partial charge in [-0.05, 0) is 42.5 Å². The van der Waals surface area contributed by atoms with Gasteiger partial charge in [0.1, 0.15) is 24.3 Å². The number of ether oxygens (including phenoxy) is 2. The summed E-state index contributed by atoms with van der Waals surface area (Å²) in [5, 5.41) is 9.26.